The van der Waals surface area contributed by atoms with E-state index in [4.69, 9.17) is 18.9 Å². The normalized spacial score (nSPS) is 11.4. The first kappa shape index (κ1) is 18.4. The molecule has 1 amide bonds. The van der Waals surface area contributed by atoms with Crippen molar-refractivity contribution in [2.75, 3.05) is 28.4 Å². The molecule has 0 radical (unpaired) electrons. The second-order valence-electron chi connectivity index (χ2n) is 5.38. The zero-order valence-corrected chi connectivity index (χ0v) is 15.1. The van der Waals surface area contributed by atoms with Gasteiger partial charge in [-0.3, -0.25) is 4.79 Å². The van der Waals surface area contributed by atoms with Crippen LogP contribution < -0.4 is 24.3 Å². The number of hydrogen-bond donors (Lipinski definition) is 1. The third kappa shape index (κ3) is 4.15. The molecule has 0 aromatic heterocycles. The predicted octanol–water partition coefficient (Wildman–Crippen LogP) is 3.21. The third-order valence-electron chi connectivity index (χ3n) is 3.89. The molecule has 134 valence electrons. The lowest BCUT2D eigenvalue weighted by atomic mass is 10.1. The van der Waals surface area contributed by atoms with Gasteiger partial charge in [0.05, 0.1) is 34.5 Å². The fraction of sp³-hybridized carbons (Fsp3) is 0.316. The van der Waals surface area contributed by atoms with Crippen molar-refractivity contribution in [1.29, 1.82) is 0 Å². The molecule has 1 N–H and O–H groups in total. The first-order valence-corrected chi connectivity index (χ1v) is 7.78. The number of hydrogen-bond acceptors (Lipinski definition) is 5. The number of nitrogens with one attached hydrogen (secondary N) is 1. The van der Waals surface area contributed by atoms with Gasteiger partial charge in [-0.1, -0.05) is 12.1 Å². The first-order valence-electron chi connectivity index (χ1n) is 7.78. The highest BCUT2D eigenvalue weighted by Gasteiger charge is 2.18. The van der Waals surface area contributed by atoms with Gasteiger partial charge >= 0.3 is 0 Å². The van der Waals surface area contributed by atoms with Crippen molar-refractivity contribution in [2.45, 2.75) is 13.0 Å². The summed E-state index contributed by atoms with van der Waals surface area (Å²) in [4.78, 5) is 12.6. The smallest absolute Gasteiger partial charge is 0.252 e. The van der Waals surface area contributed by atoms with Gasteiger partial charge in [-0.2, -0.15) is 0 Å². The highest BCUT2D eigenvalue weighted by molar-refractivity contribution is 5.95. The Kier molecular flexibility index (Phi) is 6.11. The van der Waals surface area contributed by atoms with E-state index in [1.165, 1.54) is 21.3 Å². The van der Waals surface area contributed by atoms with Crippen molar-refractivity contribution >= 4 is 5.91 Å². The average molecular weight is 345 g/mol. The van der Waals surface area contributed by atoms with Gasteiger partial charge in [-0.05, 0) is 36.8 Å². The van der Waals surface area contributed by atoms with Crippen LogP contribution in [0, 0.1) is 0 Å². The van der Waals surface area contributed by atoms with Crippen LogP contribution in [0.1, 0.15) is 28.9 Å². The molecule has 1 atom stereocenters. The zero-order valence-electron chi connectivity index (χ0n) is 15.1. The van der Waals surface area contributed by atoms with Crippen molar-refractivity contribution in [3.8, 4) is 23.0 Å². The van der Waals surface area contributed by atoms with Crippen molar-refractivity contribution in [1.82, 2.24) is 5.32 Å². The fourth-order valence-corrected chi connectivity index (χ4v) is 2.47. The van der Waals surface area contributed by atoms with E-state index in [0.29, 0.717) is 22.8 Å². The zero-order chi connectivity index (χ0) is 18.4. The Morgan fingerprint density at radius 2 is 1.44 bits per heavy atom. The van der Waals surface area contributed by atoms with E-state index in [-0.39, 0.29) is 11.9 Å². The quantitative estimate of drug-likeness (QED) is 0.835. The molecule has 0 aliphatic carbocycles. The van der Waals surface area contributed by atoms with Crippen molar-refractivity contribution in [3.63, 3.8) is 0 Å². The number of carbonyl (C=O) groups excluding carboxylic acids is 1. The lowest BCUT2D eigenvalue weighted by Crippen LogP contribution is -2.26. The molecule has 2 aromatic rings. The molecule has 25 heavy (non-hydrogen) atoms. The Morgan fingerprint density at radius 3 is 1.88 bits per heavy atom. The SMILES string of the molecule is COc1ccc(C(C)NC(=O)c2cc(OC)c(OC)c(OC)c2)cc1. The number of carbonyl (C=O) groups is 1. The van der Waals surface area contributed by atoms with Gasteiger partial charge in [0.15, 0.2) is 11.5 Å². The second kappa shape index (κ2) is 8.28. The fourth-order valence-electron chi connectivity index (χ4n) is 2.47. The Morgan fingerprint density at radius 1 is 0.880 bits per heavy atom. The molecule has 2 rings (SSSR count). The summed E-state index contributed by atoms with van der Waals surface area (Å²) in [6, 6.07) is 10.6. The monoisotopic (exact) mass is 345 g/mol. The predicted molar refractivity (Wildman–Crippen MR) is 95.0 cm³/mol. The summed E-state index contributed by atoms with van der Waals surface area (Å²) in [7, 11) is 6.16. The molecule has 0 fully saturated rings. The first-order chi connectivity index (χ1) is 12.0. The van der Waals surface area contributed by atoms with Crippen molar-refractivity contribution < 1.29 is 23.7 Å². The van der Waals surface area contributed by atoms with E-state index >= 15 is 0 Å². The van der Waals surface area contributed by atoms with Crippen LogP contribution in [0.5, 0.6) is 23.0 Å². The van der Waals surface area contributed by atoms with Crippen LogP contribution in [0.15, 0.2) is 36.4 Å². The molecule has 6 nitrogen and oxygen atoms in total. The van der Waals surface area contributed by atoms with Crippen LogP contribution in [0.25, 0.3) is 0 Å². The van der Waals surface area contributed by atoms with E-state index in [1.54, 1.807) is 19.2 Å². The van der Waals surface area contributed by atoms with Gasteiger partial charge in [0.2, 0.25) is 5.75 Å². The summed E-state index contributed by atoms with van der Waals surface area (Å²) in [5.74, 6) is 1.85. The van der Waals surface area contributed by atoms with Gasteiger partial charge in [-0.15, -0.1) is 0 Å². The summed E-state index contributed by atoms with van der Waals surface area (Å²) < 4.78 is 21.0. The highest BCUT2D eigenvalue weighted by atomic mass is 16.5. The average Bonchev–Trinajstić information content (AvgIpc) is 2.66. The summed E-state index contributed by atoms with van der Waals surface area (Å²) in [5, 5.41) is 2.96. The Bertz CT molecular complexity index is 702. The van der Waals surface area contributed by atoms with Gasteiger partial charge in [0.25, 0.3) is 5.91 Å². The minimum atomic E-state index is -0.234. The van der Waals surface area contributed by atoms with E-state index in [1.807, 2.05) is 31.2 Å². The summed E-state index contributed by atoms with van der Waals surface area (Å²) >= 11 is 0. The van der Waals surface area contributed by atoms with Crippen LogP contribution in [-0.4, -0.2) is 34.3 Å². The Balaban J connectivity index is 2.21. The minimum absolute atomic E-state index is 0.169. The van der Waals surface area contributed by atoms with Crippen molar-refractivity contribution in [2.24, 2.45) is 0 Å². The standard InChI is InChI=1S/C19H23NO5/c1-12(13-6-8-15(22-2)9-7-13)20-19(21)14-10-16(23-3)18(25-5)17(11-14)24-4/h6-12H,1-5H3,(H,20,21). The third-order valence-corrected chi connectivity index (χ3v) is 3.89. The van der Waals surface area contributed by atoms with Crippen LogP contribution in [0.2, 0.25) is 0 Å². The van der Waals surface area contributed by atoms with Gasteiger partial charge < -0.3 is 24.3 Å². The van der Waals surface area contributed by atoms with E-state index in [0.717, 1.165) is 11.3 Å². The van der Waals surface area contributed by atoms with E-state index in [9.17, 15) is 4.79 Å². The second-order valence-corrected chi connectivity index (χ2v) is 5.38. The molecular weight excluding hydrogens is 322 g/mol. The summed E-state index contributed by atoms with van der Waals surface area (Å²) in [6.45, 7) is 1.91. The maximum absolute atomic E-state index is 12.6. The molecule has 0 bridgehead atoms. The molecular formula is C19H23NO5. The molecule has 0 saturated carbocycles. The lowest BCUT2D eigenvalue weighted by molar-refractivity contribution is 0.0939. The Labute approximate surface area is 147 Å². The minimum Gasteiger partial charge on any atom is -0.497 e. The molecule has 2 aromatic carbocycles. The molecule has 0 heterocycles. The number of methoxy groups -OCH3 is 4. The van der Waals surface area contributed by atoms with Crippen LogP contribution in [0.3, 0.4) is 0 Å². The highest BCUT2D eigenvalue weighted by Crippen LogP contribution is 2.38. The number of benzene rings is 2. The molecule has 6 heteroatoms. The number of rotatable bonds is 7. The van der Waals surface area contributed by atoms with Gasteiger partial charge in [0, 0.05) is 5.56 Å². The molecule has 1 unspecified atom stereocenters. The van der Waals surface area contributed by atoms with Crippen molar-refractivity contribution in [3.05, 3.63) is 47.5 Å². The summed E-state index contributed by atoms with van der Waals surface area (Å²) in [5.41, 5.74) is 1.40. The van der Waals surface area contributed by atoms with E-state index < -0.39 is 0 Å². The molecule has 0 aliphatic rings. The van der Waals surface area contributed by atoms with Crippen LogP contribution in [0.4, 0.5) is 0 Å². The lowest BCUT2D eigenvalue weighted by Gasteiger charge is -2.17. The van der Waals surface area contributed by atoms with Gasteiger partial charge in [-0.25, -0.2) is 0 Å². The number of ether oxygens (including phenoxy) is 4. The van der Waals surface area contributed by atoms with E-state index in [2.05, 4.69) is 5.32 Å². The largest absolute Gasteiger partial charge is 0.497 e. The topological polar surface area (TPSA) is 66.0 Å². The molecule has 0 spiro atoms. The van der Waals surface area contributed by atoms with Gasteiger partial charge in [0.1, 0.15) is 5.75 Å². The van der Waals surface area contributed by atoms with Crippen LogP contribution >= 0.6 is 0 Å². The maximum atomic E-state index is 12.6. The number of amides is 1. The maximum Gasteiger partial charge on any atom is 0.252 e. The molecule has 0 saturated heterocycles. The molecule has 0 aliphatic heterocycles. The Hall–Kier alpha value is -2.89. The summed E-state index contributed by atoms with van der Waals surface area (Å²) in [6.07, 6.45) is 0. The van der Waals surface area contributed by atoms with Crippen LogP contribution in [-0.2, 0) is 0 Å².